The van der Waals surface area contributed by atoms with Crippen molar-refractivity contribution in [2.24, 2.45) is 0 Å². The first-order valence-corrected chi connectivity index (χ1v) is 33.9. The number of aryl methyl sites for hydroxylation is 4. The smallest absolute Gasteiger partial charge is 0.239 e. The molecule has 0 saturated heterocycles. The van der Waals surface area contributed by atoms with E-state index in [2.05, 4.69) is 83.4 Å². The molecule has 0 atom stereocenters. The normalized spacial score (nSPS) is 11.0. The number of H-pyrrole nitrogens is 1. The van der Waals surface area contributed by atoms with Crippen LogP contribution in [0.25, 0.3) is 0 Å². The van der Waals surface area contributed by atoms with Crippen molar-refractivity contribution >= 4 is 155 Å². The fourth-order valence-corrected chi connectivity index (χ4v) is 12.3. The maximum atomic E-state index is 8.97. The fourth-order valence-electron chi connectivity index (χ4n) is 8.13. The van der Waals surface area contributed by atoms with Gasteiger partial charge in [-0.15, -0.1) is 51.0 Å². The molecule has 0 amide bonds. The first-order chi connectivity index (χ1) is 44.2. The molecule has 0 aliphatic heterocycles. The van der Waals surface area contributed by atoms with Gasteiger partial charge in [-0.25, -0.2) is 0 Å². The number of nitrogens with zero attached hydrogens (tertiary/aromatic N) is 12. The zero-order valence-corrected chi connectivity index (χ0v) is 61.4. The number of aromatic amines is 1. The molecule has 93 heavy (non-hydrogen) atoms. The van der Waals surface area contributed by atoms with Gasteiger partial charge in [0.25, 0.3) is 0 Å². The van der Waals surface area contributed by atoms with Crippen LogP contribution in [-0.4, -0.2) is 78.5 Å². The Morgan fingerprint density at radius 1 is 0.398 bits per heavy atom. The third-order valence-corrected chi connectivity index (χ3v) is 16.7. The van der Waals surface area contributed by atoms with Crippen LogP contribution in [0.1, 0.15) is 136 Å². The number of nitrogens with one attached hydrogen (secondary N) is 1. The van der Waals surface area contributed by atoms with Crippen molar-refractivity contribution in [1.82, 2.24) is 61.4 Å². The van der Waals surface area contributed by atoms with Gasteiger partial charge in [-0.3, -0.25) is 0 Å². The van der Waals surface area contributed by atoms with E-state index in [0.29, 0.717) is 128 Å². The summed E-state index contributed by atoms with van der Waals surface area (Å²) in [6.07, 6.45) is 3.55. The zero-order valence-electron chi connectivity index (χ0n) is 50.8. The van der Waals surface area contributed by atoms with Gasteiger partial charge >= 0.3 is 0 Å². The lowest BCUT2D eigenvalue weighted by atomic mass is 10.1. The number of hydrogen-bond acceptors (Lipinski definition) is 17. The first kappa shape index (κ1) is 76.9. The van der Waals surface area contributed by atoms with Crippen LogP contribution in [0.15, 0.2) is 72.8 Å². The van der Waals surface area contributed by atoms with Crippen LogP contribution in [0, 0.1) is 11.3 Å². The lowest BCUT2D eigenvalue weighted by Gasteiger charge is -2.12. The summed E-state index contributed by atoms with van der Waals surface area (Å²) in [7, 11) is 0. The number of aliphatic hydroxyl groups is 1. The number of aliphatic hydroxyl groups excluding tert-OH is 1. The van der Waals surface area contributed by atoms with Crippen molar-refractivity contribution in [3.63, 3.8) is 0 Å². The summed E-state index contributed by atoms with van der Waals surface area (Å²) in [5.41, 5.74) is 7.01. The highest BCUT2D eigenvalue weighted by Crippen LogP contribution is 2.42. The fraction of sp³-hybridized carbons (Fsp3) is 0.323. The number of tetrazole rings is 1. The lowest BCUT2D eigenvalue weighted by molar-refractivity contribution is 0.299. The Bertz CT molecular complexity index is 3830. The van der Waals surface area contributed by atoms with E-state index in [1.54, 1.807) is 60.7 Å². The van der Waals surface area contributed by atoms with Gasteiger partial charge in [0.2, 0.25) is 23.5 Å². The standard InChI is InChI=1S/C16H15Cl3N6O.C16H14Cl3N3O.C15H14BrCl3N2O.C15H15Cl3N2O2/c1-8(2)10-7-14(22-23-16(10)19)26-15-11(17)5-9(6-12(15)18)3-4-13-20-24-25-21-13;1-9(2)11-8-14(21-22-16(11)19)23-15-12(17)6-10(4-3-5-20)7-13(15)18;1-8(2)10-7-13(20-21-15(10)19)22-14-11(17)5-9(3-4-16)6-12(14)18;1-8(2)10-7-13(19-20-15(10)18)22-14-11(16)5-9(3-4-21)6-12(14)17/h5-8H,3-4H2,1-2H3,(H,20,21,24,25);6-9H,3-4H2,1-2H3;5-8H,3-4H2,1-2H3;5-8,21H,3-4H2,1-2H3. The van der Waals surface area contributed by atoms with Gasteiger partial charge in [0.15, 0.2) is 49.4 Å². The Morgan fingerprint density at radius 3 is 0.925 bits per heavy atom. The summed E-state index contributed by atoms with van der Waals surface area (Å²) in [5.74, 6) is 3.80. The van der Waals surface area contributed by atoms with Crippen LogP contribution in [0.2, 0.25) is 60.8 Å². The van der Waals surface area contributed by atoms with Crippen LogP contribution in [0.4, 0.5) is 0 Å². The molecular formula is C62H58BrCl12N13O5. The van der Waals surface area contributed by atoms with E-state index in [1.165, 1.54) is 0 Å². The molecule has 0 saturated carbocycles. The second kappa shape index (κ2) is 37.4. The topological polar surface area (TPSA) is 239 Å². The Kier molecular flexibility index (Phi) is 30.9. The van der Waals surface area contributed by atoms with Crippen LogP contribution in [-0.2, 0) is 32.1 Å². The molecule has 0 unspecified atom stereocenters. The number of halogens is 13. The molecule has 0 fully saturated rings. The van der Waals surface area contributed by atoms with Gasteiger partial charge in [0.05, 0.1) is 46.3 Å². The lowest BCUT2D eigenvalue weighted by Crippen LogP contribution is -1.99. The third-order valence-electron chi connectivity index (χ3n) is 12.9. The van der Waals surface area contributed by atoms with Gasteiger partial charge in [0, 0.05) is 49.0 Å². The van der Waals surface area contributed by atoms with Crippen molar-refractivity contribution in [2.45, 2.75) is 118 Å². The van der Waals surface area contributed by atoms with E-state index in [1.807, 2.05) is 67.5 Å². The van der Waals surface area contributed by atoms with Crippen molar-refractivity contribution in [2.75, 3.05) is 11.9 Å². The van der Waals surface area contributed by atoms with E-state index in [9.17, 15) is 0 Å². The molecule has 0 aliphatic rings. The monoisotopic (exact) mass is 1560 g/mol. The van der Waals surface area contributed by atoms with Crippen molar-refractivity contribution < 1.29 is 24.1 Å². The largest absolute Gasteiger partial charge is 0.434 e. The second-order valence-electron chi connectivity index (χ2n) is 21.2. The minimum absolute atomic E-state index is 0.0211. The number of aromatic nitrogens is 12. The highest BCUT2D eigenvalue weighted by molar-refractivity contribution is 9.09. The summed E-state index contributed by atoms with van der Waals surface area (Å²) in [6.45, 7) is 16.0. The molecule has 9 rings (SSSR count). The van der Waals surface area contributed by atoms with Gasteiger partial charge in [-0.1, -0.05) is 216 Å². The summed E-state index contributed by atoms with van der Waals surface area (Å²) >= 11 is 77.5. The highest BCUT2D eigenvalue weighted by atomic mass is 79.9. The van der Waals surface area contributed by atoms with Crippen LogP contribution in [0.3, 0.4) is 0 Å². The summed E-state index contributed by atoms with van der Waals surface area (Å²) < 4.78 is 22.8. The molecule has 9 aromatic rings. The van der Waals surface area contributed by atoms with E-state index >= 15 is 0 Å². The summed E-state index contributed by atoms with van der Waals surface area (Å²) in [4.78, 5) is 0. The van der Waals surface area contributed by atoms with Crippen LogP contribution in [0.5, 0.6) is 46.5 Å². The minimum Gasteiger partial charge on any atom is -0.434 e. The van der Waals surface area contributed by atoms with Gasteiger partial charge in [-0.2, -0.15) is 10.5 Å². The average Bonchev–Trinajstić information content (AvgIpc) is 2.25. The number of nitriles is 1. The Balaban J connectivity index is 0.000000197. The van der Waals surface area contributed by atoms with Gasteiger partial charge in [-0.05, 0) is 142 Å². The molecule has 18 nitrogen and oxygen atoms in total. The predicted molar refractivity (Wildman–Crippen MR) is 374 cm³/mol. The Morgan fingerprint density at radius 2 is 0.677 bits per heavy atom. The molecule has 2 N–H and O–H groups in total. The molecule has 5 aromatic heterocycles. The second-order valence-corrected chi connectivity index (χ2v) is 26.7. The molecular weight excluding hydrogens is 1510 g/mol. The quantitative estimate of drug-likeness (QED) is 0.0636. The zero-order chi connectivity index (χ0) is 68.2. The molecule has 4 aromatic carbocycles. The predicted octanol–water partition coefficient (Wildman–Crippen LogP) is 21.6. The van der Waals surface area contributed by atoms with E-state index in [0.717, 1.165) is 56.3 Å². The molecule has 0 spiro atoms. The van der Waals surface area contributed by atoms with E-state index in [-0.39, 0.29) is 47.9 Å². The van der Waals surface area contributed by atoms with Gasteiger partial charge in [0.1, 0.15) is 0 Å². The van der Waals surface area contributed by atoms with Crippen molar-refractivity contribution in [3.05, 3.63) is 184 Å². The molecule has 31 heteroatoms. The van der Waals surface area contributed by atoms with Crippen molar-refractivity contribution in [1.29, 1.82) is 5.26 Å². The van der Waals surface area contributed by atoms with Gasteiger partial charge < -0.3 is 24.1 Å². The maximum Gasteiger partial charge on any atom is 0.239 e. The molecule has 492 valence electrons. The highest BCUT2D eigenvalue weighted by Gasteiger charge is 2.20. The molecule has 0 radical (unpaired) electrons. The Labute approximate surface area is 606 Å². The number of alkyl halides is 1. The SMILES string of the molecule is CC(C)c1cc(Oc2c(Cl)cc(CCBr)cc2Cl)nnc1Cl.CC(C)c1cc(Oc2c(Cl)cc(CCC#N)cc2Cl)nnc1Cl.CC(C)c1cc(Oc2c(Cl)cc(CCO)cc2Cl)nnc1Cl.CC(C)c1cc(Oc2c(Cl)cc(CCc3nn[nH]n3)cc2Cl)nnc1Cl. The first-order valence-electron chi connectivity index (χ1n) is 28.2. The van der Waals surface area contributed by atoms with Crippen molar-refractivity contribution in [3.8, 4) is 52.6 Å². The molecule has 5 heterocycles. The average molecular weight is 1570 g/mol. The Hall–Kier alpha value is -5.12. The molecule has 0 bridgehead atoms. The van der Waals surface area contributed by atoms with Crippen LogP contribution < -0.4 is 18.9 Å². The molecule has 0 aliphatic carbocycles. The third kappa shape index (κ3) is 23.0. The van der Waals surface area contributed by atoms with E-state index < -0.39 is 0 Å². The summed E-state index contributed by atoms with van der Waals surface area (Å²) in [5, 5.41) is 67.9. The maximum absolute atomic E-state index is 8.97. The summed E-state index contributed by atoms with van der Waals surface area (Å²) in [6, 6.07) is 23.1. The van der Waals surface area contributed by atoms with E-state index in [4.69, 9.17) is 169 Å². The number of ether oxygens (including phenoxy) is 4. The minimum atomic E-state index is 0.0211. The number of rotatable bonds is 21. The number of hydrogen-bond donors (Lipinski definition) is 2. The van der Waals surface area contributed by atoms with Crippen LogP contribution >= 0.6 is 155 Å². The number of benzene rings is 4.